The Kier molecular flexibility index (Phi) is 4.41. The molecule has 0 radical (unpaired) electrons. The molecule has 4 rings (SSSR count). The number of ether oxygens (including phenoxy) is 1. The van der Waals surface area contributed by atoms with Crippen molar-refractivity contribution < 1.29 is 9.53 Å². The van der Waals surface area contributed by atoms with Crippen LogP contribution in [-0.2, 0) is 11.2 Å². The van der Waals surface area contributed by atoms with Crippen LogP contribution >= 0.6 is 11.8 Å². The molecule has 2 heterocycles. The molecule has 0 saturated carbocycles. The number of carbonyl (C=O) groups excluding carboxylic acids is 1. The number of fused-ring (bicyclic) bond motifs is 1. The lowest BCUT2D eigenvalue weighted by Gasteiger charge is -2.09. The van der Waals surface area contributed by atoms with E-state index in [4.69, 9.17) is 10.5 Å². The van der Waals surface area contributed by atoms with Crippen LogP contribution in [0, 0.1) is 0 Å². The van der Waals surface area contributed by atoms with E-state index >= 15 is 0 Å². The van der Waals surface area contributed by atoms with Crippen LogP contribution < -0.4 is 10.5 Å². The molecule has 1 amide bonds. The van der Waals surface area contributed by atoms with Crippen molar-refractivity contribution in [3.63, 3.8) is 0 Å². The van der Waals surface area contributed by atoms with E-state index in [1.54, 1.807) is 6.20 Å². The van der Waals surface area contributed by atoms with E-state index < -0.39 is 0 Å². The second kappa shape index (κ2) is 7.01. The Bertz CT molecular complexity index is 1050. The summed E-state index contributed by atoms with van der Waals surface area (Å²) >= 11 is 1.20. The number of amides is 1. The number of para-hydroxylation sites is 1. The number of amidine groups is 1. The van der Waals surface area contributed by atoms with Crippen LogP contribution in [-0.4, -0.2) is 16.1 Å². The van der Waals surface area contributed by atoms with Gasteiger partial charge in [0.25, 0.3) is 5.91 Å². The molecule has 26 heavy (non-hydrogen) atoms. The molecule has 0 aliphatic carbocycles. The van der Waals surface area contributed by atoms with Crippen molar-refractivity contribution in [1.29, 1.82) is 0 Å². The summed E-state index contributed by atoms with van der Waals surface area (Å²) in [5.41, 5.74) is 7.48. The molecule has 2 N–H and O–H groups in total. The van der Waals surface area contributed by atoms with E-state index in [0.717, 1.165) is 28.0 Å². The first-order chi connectivity index (χ1) is 12.7. The summed E-state index contributed by atoms with van der Waals surface area (Å²) in [6.45, 7) is 0. The lowest BCUT2D eigenvalue weighted by molar-refractivity contribution is -0.113. The van der Waals surface area contributed by atoms with Crippen LogP contribution in [0.1, 0.15) is 5.56 Å². The molecular formula is C20H15N3O2S. The van der Waals surface area contributed by atoms with Crippen molar-refractivity contribution in [1.82, 2.24) is 4.98 Å². The Hall–Kier alpha value is -3.12. The number of hydrogen-bond acceptors (Lipinski definition) is 5. The fraction of sp³-hybridized carbons (Fsp3) is 0.0500. The maximum Gasteiger partial charge on any atom is 0.285 e. The highest BCUT2D eigenvalue weighted by molar-refractivity contribution is 8.18. The highest BCUT2D eigenvalue weighted by atomic mass is 32.2. The summed E-state index contributed by atoms with van der Waals surface area (Å²) < 4.78 is 6.01. The number of thioether (sulfide) groups is 1. The average Bonchev–Trinajstić information content (AvgIpc) is 2.98. The van der Waals surface area contributed by atoms with Crippen molar-refractivity contribution in [2.45, 2.75) is 6.42 Å². The van der Waals surface area contributed by atoms with Crippen molar-refractivity contribution in [2.75, 3.05) is 0 Å². The molecule has 0 fully saturated rings. The van der Waals surface area contributed by atoms with E-state index in [-0.39, 0.29) is 5.91 Å². The monoisotopic (exact) mass is 361 g/mol. The fourth-order valence-electron chi connectivity index (χ4n) is 2.67. The highest BCUT2D eigenvalue weighted by Gasteiger charge is 2.18. The third-order valence-corrected chi connectivity index (χ3v) is 4.76. The highest BCUT2D eigenvalue weighted by Crippen LogP contribution is 2.30. The van der Waals surface area contributed by atoms with Crippen LogP contribution in [0.3, 0.4) is 0 Å². The molecule has 0 spiro atoms. The van der Waals surface area contributed by atoms with Crippen LogP contribution in [0.5, 0.6) is 11.5 Å². The van der Waals surface area contributed by atoms with Crippen LogP contribution in [0.25, 0.3) is 10.9 Å². The zero-order valence-electron chi connectivity index (χ0n) is 13.8. The first-order valence-corrected chi connectivity index (χ1v) is 8.88. The van der Waals surface area contributed by atoms with Crippen molar-refractivity contribution in [3.8, 4) is 11.5 Å². The third kappa shape index (κ3) is 3.45. The van der Waals surface area contributed by atoms with E-state index in [0.29, 0.717) is 16.5 Å². The molecule has 1 aliphatic heterocycles. The van der Waals surface area contributed by atoms with Gasteiger partial charge in [-0.2, -0.15) is 4.99 Å². The van der Waals surface area contributed by atoms with Crippen molar-refractivity contribution >= 4 is 33.7 Å². The minimum absolute atomic E-state index is 0.275. The maximum atomic E-state index is 11.7. The Morgan fingerprint density at radius 1 is 1.12 bits per heavy atom. The van der Waals surface area contributed by atoms with Gasteiger partial charge in [0.05, 0.1) is 10.4 Å². The van der Waals surface area contributed by atoms with Crippen LogP contribution in [0.4, 0.5) is 0 Å². The Morgan fingerprint density at radius 3 is 2.73 bits per heavy atom. The van der Waals surface area contributed by atoms with E-state index in [9.17, 15) is 4.79 Å². The van der Waals surface area contributed by atoms with Gasteiger partial charge < -0.3 is 10.5 Å². The molecule has 1 aromatic heterocycles. The first-order valence-electron chi connectivity index (χ1n) is 8.06. The van der Waals surface area contributed by atoms with Crippen molar-refractivity contribution in [3.05, 3.63) is 77.3 Å². The molecule has 6 heteroatoms. The minimum atomic E-state index is -0.275. The largest absolute Gasteiger partial charge is 0.457 e. The normalized spacial score (nSPS) is 15.5. The Balaban J connectivity index is 1.63. The molecule has 0 bridgehead atoms. The van der Waals surface area contributed by atoms with E-state index in [1.165, 1.54) is 11.8 Å². The van der Waals surface area contributed by atoms with Crippen LogP contribution in [0.15, 0.2) is 76.8 Å². The van der Waals surface area contributed by atoms with Gasteiger partial charge in [-0.1, -0.05) is 30.3 Å². The molecule has 0 atom stereocenters. The molecule has 2 aromatic carbocycles. The molecule has 128 valence electrons. The van der Waals surface area contributed by atoms with Gasteiger partial charge in [0.15, 0.2) is 5.17 Å². The summed E-state index contributed by atoms with van der Waals surface area (Å²) in [4.78, 5) is 20.4. The third-order valence-electron chi connectivity index (χ3n) is 3.90. The van der Waals surface area contributed by atoms with Crippen LogP contribution in [0.2, 0.25) is 0 Å². The number of nitrogens with zero attached hydrogens (tertiary/aromatic N) is 2. The number of carbonyl (C=O) groups is 1. The van der Waals surface area contributed by atoms with Gasteiger partial charge in [0.1, 0.15) is 11.5 Å². The summed E-state index contributed by atoms with van der Waals surface area (Å²) in [5.74, 6) is 1.24. The van der Waals surface area contributed by atoms with Gasteiger partial charge in [0, 0.05) is 11.6 Å². The number of aromatic nitrogens is 1. The summed E-state index contributed by atoms with van der Waals surface area (Å²) in [6.07, 6.45) is 4.19. The fourth-order valence-corrected chi connectivity index (χ4v) is 3.33. The lowest BCUT2D eigenvalue weighted by atomic mass is 10.1. The van der Waals surface area contributed by atoms with Gasteiger partial charge in [-0.15, -0.1) is 0 Å². The minimum Gasteiger partial charge on any atom is -0.457 e. The predicted octanol–water partition coefficient (Wildman–Crippen LogP) is 4.04. The number of nitrogens with two attached hydrogens (primary N) is 1. The number of allylic oxidation sites excluding steroid dienone is 1. The smallest absolute Gasteiger partial charge is 0.285 e. The average molecular weight is 361 g/mol. The molecule has 3 aromatic rings. The summed E-state index contributed by atoms with van der Waals surface area (Å²) in [6, 6.07) is 17.5. The molecule has 0 unspecified atom stereocenters. The predicted molar refractivity (Wildman–Crippen MR) is 104 cm³/mol. The van der Waals surface area contributed by atoms with E-state index in [1.807, 2.05) is 60.7 Å². The van der Waals surface area contributed by atoms with Gasteiger partial charge in [-0.05, 0) is 54.1 Å². The maximum absolute atomic E-state index is 11.7. The number of hydrogen-bond donors (Lipinski definition) is 1. The zero-order valence-corrected chi connectivity index (χ0v) is 14.6. The van der Waals surface area contributed by atoms with Crippen molar-refractivity contribution in [2.24, 2.45) is 10.7 Å². The number of benzene rings is 2. The SMILES string of the molecule is NC1=NC(=O)/C(=C/Cc2ccc3nccc(Oc4ccccc4)c3c2)S1. The Labute approximate surface area is 154 Å². The molecular weight excluding hydrogens is 346 g/mol. The van der Waals surface area contributed by atoms with E-state index in [2.05, 4.69) is 9.98 Å². The molecule has 1 aliphatic rings. The number of rotatable bonds is 4. The second-order valence-electron chi connectivity index (χ2n) is 5.71. The summed E-state index contributed by atoms with van der Waals surface area (Å²) in [5, 5.41) is 1.22. The quantitative estimate of drug-likeness (QED) is 0.710. The standard InChI is InChI=1S/C20H15N3O2S/c21-20-23-19(24)18(26-20)9-7-13-6-8-16-15(12-13)17(10-11-22-16)25-14-4-2-1-3-5-14/h1-6,8-12H,7H2,(H2,21,23,24)/b18-9-. The molecule has 0 saturated heterocycles. The van der Waals surface area contributed by atoms with Gasteiger partial charge in [-0.3, -0.25) is 9.78 Å². The lowest BCUT2D eigenvalue weighted by Crippen LogP contribution is -2.01. The Morgan fingerprint density at radius 2 is 1.96 bits per heavy atom. The zero-order chi connectivity index (χ0) is 17.9. The topological polar surface area (TPSA) is 77.6 Å². The van der Waals surface area contributed by atoms with Gasteiger partial charge in [0.2, 0.25) is 0 Å². The number of pyridine rings is 1. The first kappa shape index (κ1) is 16.4. The molecule has 5 nitrogen and oxygen atoms in total. The van der Waals surface area contributed by atoms with Gasteiger partial charge in [-0.25, -0.2) is 0 Å². The number of aliphatic imine (C=N–C) groups is 1. The second-order valence-corrected chi connectivity index (χ2v) is 6.77. The van der Waals surface area contributed by atoms with Gasteiger partial charge >= 0.3 is 0 Å². The summed E-state index contributed by atoms with van der Waals surface area (Å²) in [7, 11) is 0.